The van der Waals surface area contributed by atoms with Gasteiger partial charge in [-0.25, -0.2) is 4.39 Å². The van der Waals surface area contributed by atoms with Gasteiger partial charge in [-0.2, -0.15) is 13.2 Å². The summed E-state index contributed by atoms with van der Waals surface area (Å²) in [7, 11) is 0. The molecule has 0 spiro atoms. The van der Waals surface area contributed by atoms with Crippen LogP contribution in [-0.4, -0.2) is 0 Å². The second-order valence-electron chi connectivity index (χ2n) is 2.68. The van der Waals surface area contributed by atoms with E-state index in [1.54, 1.807) is 0 Å². The molecule has 73 valence electrons. The molecule has 5 heteroatoms. The predicted molar refractivity (Wildman–Crippen MR) is 40.0 cm³/mol. The van der Waals surface area contributed by atoms with Crippen LogP contribution in [0.4, 0.5) is 17.6 Å². The molecule has 0 unspecified atom stereocenters. The first-order chi connectivity index (χ1) is 6.50. The van der Waals surface area contributed by atoms with Crippen molar-refractivity contribution < 1.29 is 22.0 Å². The van der Waals surface area contributed by atoms with E-state index in [1.807, 2.05) is 0 Å². The SMILES string of the molecule is Fc1c(C(F)(F)F)ccc2[c]coc12. The lowest BCUT2D eigenvalue weighted by molar-refractivity contribution is -0.139. The Bertz CT molecular complexity index is 469. The Hall–Kier alpha value is -1.52. The Labute approximate surface area is 75.9 Å². The largest absolute Gasteiger partial charge is 0.461 e. The quantitative estimate of drug-likeness (QED) is 0.598. The van der Waals surface area contributed by atoms with Gasteiger partial charge in [-0.15, -0.1) is 0 Å². The summed E-state index contributed by atoms with van der Waals surface area (Å²) < 4.78 is 54.3. The second kappa shape index (κ2) is 2.73. The summed E-state index contributed by atoms with van der Waals surface area (Å²) in [4.78, 5) is 0. The van der Waals surface area contributed by atoms with Gasteiger partial charge in [0.15, 0.2) is 11.4 Å². The first-order valence-electron chi connectivity index (χ1n) is 3.65. The van der Waals surface area contributed by atoms with Gasteiger partial charge in [-0.1, -0.05) is 0 Å². The van der Waals surface area contributed by atoms with Crippen LogP contribution in [0, 0.1) is 11.9 Å². The van der Waals surface area contributed by atoms with E-state index >= 15 is 0 Å². The maximum atomic E-state index is 13.2. The van der Waals surface area contributed by atoms with Gasteiger partial charge in [0.25, 0.3) is 0 Å². The number of rotatable bonds is 0. The molecule has 1 nitrogen and oxygen atoms in total. The summed E-state index contributed by atoms with van der Waals surface area (Å²) in [5.41, 5.74) is -1.74. The summed E-state index contributed by atoms with van der Waals surface area (Å²) in [5.74, 6) is -1.39. The van der Waals surface area contributed by atoms with Crippen LogP contribution in [0.1, 0.15) is 5.56 Å². The Morgan fingerprint density at radius 3 is 2.57 bits per heavy atom. The maximum Gasteiger partial charge on any atom is 0.419 e. The highest BCUT2D eigenvalue weighted by molar-refractivity contribution is 5.77. The molecule has 14 heavy (non-hydrogen) atoms. The average Bonchev–Trinajstić information content (AvgIpc) is 2.50. The van der Waals surface area contributed by atoms with E-state index in [9.17, 15) is 17.6 Å². The van der Waals surface area contributed by atoms with Crippen molar-refractivity contribution in [1.82, 2.24) is 0 Å². The minimum absolute atomic E-state index is 0.190. The smallest absolute Gasteiger partial charge is 0.419 e. The highest BCUT2D eigenvalue weighted by atomic mass is 19.4. The minimum atomic E-state index is -4.70. The third kappa shape index (κ3) is 1.25. The van der Waals surface area contributed by atoms with Gasteiger partial charge < -0.3 is 4.42 Å². The molecule has 0 bridgehead atoms. The molecule has 0 saturated heterocycles. The number of fused-ring (bicyclic) bond motifs is 1. The first kappa shape index (κ1) is 9.05. The first-order valence-corrected chi connectivity index (χ1v) is 3.65. The standard InChI is InChI=1S/C9H3F4O/c10-7-6(9(11,12)13)2-1-5-3-4-14-8(5)7/h1-2,4H. The molecule has 1 aromatic carbocycles. The maximum absolute atomic E-state index is 13.2. The van der Waals surface area contributed by atoms with Gasteiger partial charge in [0, 0.05) is 11.5 Å². The zero-order valence-corrected chi connectivity index (χ0v) is 6.65. The number of hydrogen-bond donors (Lipinski definition) is 0. The van der Waals surface area contributed by atoms with Crippen molar-refractivity contribution in [1.29, 1.82) is 0 Å². The highest BCUT2D eigenvalue weighted by Crippen LogP contribution is 2.34. The molecule has 0 aliphatic heterocycles. The van der Waals surface area contributed by atoms with Gasteiger partial charge in [0.05, 0.1) is 11.8 Å². The second-order valence-corrected chi connectivity index (χ2v) is 2.68. The Morgan fingerprint density at radius 1 is 1.21 bits per heavy atom. The van der Waals surface area contributed by atoms with Gasteiger partial charge in [0.2, 0.25) is 0 Å². The van der Waals surface area contributed by atoms with E-state index in [1.165, 1.54) is 0 Å². The Kier molecular flexibility index (Phi) is 1.77. The van der Waals surface area contributed by atoms with Crippen LogP contribution >= 0.6 is 0 Å². The summed E-state index contributed by atoms with van der Waals surface area (Å²) in [6, 6.07) is 4.25. The molecule has 0 aliphatic rings. The molecule has 0 aliphatic carbocycles. The lowest BCUT2D eigenvalue weighted by atomic mass is 10.1. The van der Waals surface area contributed by atoms with Crippen LogP contribution in [0.5, 0.6) is 0 Å². The number of halogens is 4. The predicted octanol–water partition coefficient (Wildman–Crippen LogP) is 3.39. The van der Waals surface area contributed by atoms with Crippen LogP contribution in [0.25, 0.3) is 11.0 Å². The van der Waals surface area contributed by atoms with Crippen LogP contribution < -0.4 is 0 Å². The van der Waals surface area contributed by atoms with E-state index in [4.69, 9.17) is 0 Å². The fourth-order valence-corrected chi connectivity index (χ4v) is 1.16. The van der Waals surface area contributed by atoms with Crippen molar-refractivity contribution >= 4 is 11.0 Å². The van der Waals surface area contributed by atoms with E-state index in [0.717, 1.165) is 12.3 Å². The van der Waals surface area contributed by atoms with E-state index < -0.39 is 23.1 Å². The molecule has 2 aromatic rings. The lowest BCUT2D eigenvalue weighted by Crippen LogP contribution is -2.07. The van der Waals surface area contributed by atoms with Crippen LogP contribution in [0.3, 0.4) is 0 Å². The van der Waals surface area contributed by atoms with Crippen molar-refractivity contribution in [3.63, 3.8) is 0 Å². The normalized spacial score (nSPS) is 12.3. The van der Waals surface area contributed by atoms with E-state index in [-0.39, 0.29) is 5.39 Å². The minimum Gasteiger partial charge on any atom is -0.461 e. The molecule has 1 radical (unpaired) electrons. The molecular weight excluding hydrogens is 200 g/mol. The number of hydrogen-bond acceptors (Lipinski definition) is 1. The summed E-state index contributed by atoms with van der Waals surface area (Å²) in [6.07, 6.45) is -3.68. The molecule has 0 N–H and O–H groups in total. The van der Waals surface area contributed by atoms with Crippen molar-refractivity contribution in [2.75, 3.05) is 0 Å². The third-order valence-corrected chi connectivity index (χ3v) is 1.79. The summed E-state index contributed by atoms with van der Waals surface area (Å²) in [5, 5.41) is 0.190. The molecule has 2 rings (SSSR count). The van der Waals surface area contributed by atoms with Gasteiger partial charge in [-0.05, 0) is 12.1 Å². The number of benzene rings is 1. The molecule has 0 amide bonds. The van der Waals surface area contributed by atoms with Crippen molar-refractivity contribution in [3.8, 4) is 0 Å². The van der Waals surface area contributed by atoms with Gasteiger partial charge in [-0.3, -0.25) is 0 Å². The van der Waals surface area contributed by atoms with Crippen LogP contribution in [0.15, 0.2) is 22.8 Å². The fraction of sp³-hybridized carbons (Fsp3) is 0.111. The molecule has 1 heterocycles. The summed E-state index contributed by atoms with van der Waals surface area (Å²) >= 11 is 0. The van der Waals surface area contributed by atoms with Gasteiger partial charge >= 0.3 is 6.18 Å². The number of furan rings is 1. The van der Waals surface area contributed by atoms with E-state index in [2.05, 4.69) is 10.5 Å². The average molecular weight is 203 g/mol. The highest BCUT2D eigenvalue weighted by Gasteiger charge is 2.35. The molecular formula is C9H3F4O. The Balaban J connectivity index is 2.74. The monoisotopic (exact) mass is 203 g/mol. The molecule has 0 fully saturated rings. The molecule has 0 saturated carbocycles. The Morgan fingerprint density at radius 2 is 1.93 bits per heavy atom. The zero-order chi connectivity index (χ0) is 10.3. The molecule has 0 atom stereocenters. The van der Waals surface area contributed by atoms with Crippen molar-refractivity contribution in [2.24, 2.45) is 0 Å². The lowest BCUT2D eigenvalue weighted by Gasteiger charge is -2.06. The topological polar surface area (TPSA) is 13.1 Å². The van der Waals surface area contributed by atoms with Crippen LogP contribution in [-0.2, 0) is 6.18 Å². The summed E-state index contributed by atoms with van der Waals surface area (Å²) in [6.45, 7) is 0. The molecule has 1 aromatic heterocycles. The van der Waals surface area contributed by atoms with E-state index in [0.29, 0.717) is 6.07 Å². The number of alkyl halides is 3. The fourth-order valence-electron chi connectivity index (χ4n) is 1.16. The van der Waals surface area contributed by atoms with Gasteiger partial charge in [0.1, 0.15) is 0 Å². The third-order valence-electron chi connectivity index (χ3n) is 1.79. The van der Waals surface area contributed by atoms with Crippen LogP contribution in [0.2, 0.25) is 0 Å². The zero-order valence-electron chi connectivity index (χ0n) is 6.65. The van der Waals surface area contributed by atoms with Crippen molar-refractivity contribution in [3.05, 3.63) is 35.8 Å². The van der Waals surface area contributed by atoms with Crippen molar-refractivity contribution in [2.45, 2.75) is 6.18 Å².